The van der Waals surface area contributed by atoms with E-state index in [0.717, 1.165) is 12.1 Å². The first-order chi connectivity index (χ1) is 7.98. The highest BCUT2D eigenvalue weighted by atomic mass is 19.4. The molecule has 1 N–H and O–H groups in total. The third kappa shape index (κ3) is 2.35. The van der Waals surface area contributed by atoms with Crippen molar-refractivity contribution in [2.45, 2.75) is 6.18 Å². The van der Waals surface area contributed by atoms with E-state index in [4.69, 9.17) is 0 Å². The minimum Gasteiger partial charge on any atom is -0.313 e. The van der Waals surface area contributed by atoms with Crippen LogP contribution in [0.15, 0.2) is 41.6 Å². The number of halogens is 3. The van der Waals surface area contributed by atoms with Crippen molar-refractivity contribution in [3.8, 4) is 11.1 Å². The second kappa shape index (κ2) is 4.04. The maximum Gasteiger partial charge on any atom is 0.416 e. The molecule has 0 fully saturated rings. The monoisotopic (exact) mass is 240 g/mol. The number of benzene rings is 1. The van der Waals surface area contributed by atoms with E-state index in [9.17, 15) is 18.0 Å². The van der Waals surface area contributed by atoms with Crippen LogP contribution >= 0.6 is 0 Å². The van der Waals surface area contributed by atoms with Gasteiger partial charge in [0.1, 0.15) is 0 Å². The Labute approximate surface area is 94.0 Å². The summed E-state index contributed by atoms with van der Waals surface area (Å²) in [5.41, 5.74) is -0.967. The summed E-state index contributed by atoms with van der Waals surface area (Å²) in [6.45, 7) is 0. The molecule has 0 saturated heterocycles. The summed E-state index contributed by atoms with van der Waals surface area (Å²) in [7, 11) is 0. The molecule has 6 heteroatoms. The Morgan fingerprint density at radius 1 is 1.24 bits per heavy atom. The van der Waals surface area contributed by atoms with E-state index in [2.05, 4.69) is 9.97 Å². The van der Waals surface area contributed by atoms with Crippen LogP contribution in [0.5, 0.6) is 0 Å². The van der Waals surface area contributed by atoms with Crippen molar-refractivity contribution < 1.29 is 13.2 Å². The number of hydrogen-bond acceptors (Lipinski definition) is 2. The van der Waals surface area contributed by atoms with Crippen LogP contribution in [0.25, 0.3) is 11.1 Å². The summed E-state index contributed by atoms with van der Waals surface area (Å²) in [4.78, 5) is 17.4. The molecule has 1 aromatic carbocycles. The molecule has 0 atom stereocenters. The zero-order chi connectivity index (χ0) is 12.5. The fraction of sp³-hybridized carbons (Fsp3) is 0.0909. The van der Waals surface area contributed by atoms with Gasteiger partial charge in [0.2, 0.25) is 0 Å². The van der Waals surface area contributed by atoms with Crippen molar-refractivity contribution in [3.63, 3.8) is 0 Å². The molecule has 0 radical (unpaired) electrons. The highest BCUT2D eigenvalue weighted by Gasteiger charge is 2.30. The summed E-state index contributed by atoms with van der Waals surface area (Å²) in [6.07, 6.45) is -2.02. The molecule has 0 spiro atoms. The Bertz CT molecular complexity index is 590. The molecule has 0 amide bonds. The fourth-order valence-corrected chi connectivity index (χ4v) is 1.41. The summed E-state index contributed by atoms with van der Waals surface area (Å²) in [5.74, 6) is 0. The maximum atomic E-state index is 12.5. The first-order valence-corrected chi connectivity index (χ1v) is 4.69. The molecule has 3 nitrogen and oxygen atoms in total. The molecule has 0 unspecified atom stereocenters. The normalized spacial score (nSPS) is 11.5. The van der Waals surface area contributed by atoms with Crippen LogP contribution in [0.4, 0.5) is 13.2 Å². The molecule has 0 aliphatic carbocycles. The first kappa shape index (κ1) is 11.4. The molecule has 17 heavy (non-hydrogen) atoms. The Morgan fingerprint density at radius 2 is 2.00 bits per heavy atom. The van der Waals surface area contributed by atoms with Gasteiger partial charge in [-0.15, -0.1) is 0 Å². The Balaban J connectivity index is 2.55. The van der Waals surface area contributed by atoms with Gasteiger partial charge in [0.25, 0.3) is 5.56 Å². The Hall–Kier alpha value is -2.11. The largest absolute Gasteiger partial charge is 0.416 e. The quantitative estimate of drug-likeness (QED) is 0.832. The minimum atomic E-state index is -4.43. The zero-order valence-electron chi connectivity index (χ0n) is 8.45. The van der Waals surface area contributed by atoms with Crippen molar-refractivity contribution in [1.29, 1.82) is 0 Å². The van der Waals surface area contributed by atoms with Crippen LogP contribution < -0.4 is 5.56 Å². The maximum absolute atomic E-state index is 12.5. The molecule has 0 aliphatic rings. The van der Waals surface area contributed by atoms with Crippen LogP contribution in [-0.2, 0) is 6.18 Å². The number of aromatic nitrogens is 2. The number of rotatable bonds is 1. The van der Waals surface area contributed by atoms with E-state index in [1.807, 2.05) is 0 Å². The topological polar surface area (TPSA) is 45.8 Å². The van der Waals surface area contributed by atoms with E-state index in [-0.39, 0.29) is 11.1 Å². The number of hydrogen-bond donors (Lipinski definition) is 1. The molecule has 88 valence electrons. The van der Waals surface area contributed by atoms with Crippen LogP contribution in [0.3, 0.4) is 0 Å². The van der Waals surface area contributed by atoms with Gasteiger partial charge in [0.05, 0.1) is 17.5 Å². The predicted molar refractivity (Wildman–Crippen MR) is 55.3 cm³/mol. The van der Waals surface area contributed by atoms with Crippen molar-refractivity contribution in [2.24, 2.45) is 0 Å². The van der Waals surface area contributed by atoms with Gasteiger partial charge in [-0.25, -0.2) is 4.98 Å². The lowest BCUT2D eigenvalue weighted by atomic mass is 10.1. The van der Waals surface area contributed by atoms with Gasteiger partial charge in [-0.3, -0.25) is 4.79 Å². The third-order valence-corrected chi connectivity index (χ3v) is 2.22. The van der Waals surface area contributed by atoms with Gasteiger partial charge in [-0.2, -0.15) is 13.2 Å². The van der Waals surface area contributed by atoms with E-state index in [0.29, 0.717) is 0 Å². The predicted octanol–water partition coefficient (Wildman–Crippen LogP) is 2.46. The average Bonchev–Trinajstić information content (AvgIpc) is 2.29. The molecular formula is C11H7F3N2O. The number of aromatic amines is 1. The summed E-state index contributed by atoms with van der Waals surface area (Å²) in [6, 6.07) is 4.56. The number of nitrogens with one attached hydrogen (secondary N) is 1. The SMILES string of the molecule is O=c1[nH]cncc1-c1cccc(C(F)(F)F)c1. The lowest BCUT2D eigenvalue weighted by molar-refractivity contribution is -0.137. The van der Waals surface area contributed by atoms with Gasteiger partial charge in [0, 0.05) is 6.20 Å². The molecule has 2 aromatic rings. The standard InChI is InChI=1S/C11H7F3N2O/c12-11(13,14)8-3-1-2-7(4-8)9-5-15-6-16-10(9)17/h1-6H,(H,15,16,17). The van der Waals surface area contributed by atoms with Crippen molar-refractivity contribution in [3.05, 3.63) is 52.7 Å². The van der Waals surface area contributed by atoms with Crippen LogP contribution in [-0.4, -0.2) is 9.97 Å². The molecule has 0 aliphatic heterocycles. The fourth-order valence-electron chi connectivity index (χ4n) is 1.41. The molecule has 1 heterocycles. The second-order valence-corrected chi connectivity index (χ2v) is 3.37. The summed E-state index contributed by atoms with van der Waals surface area (Å²) < 4.78 is 37.4. The Kier molecular flexibility index (Phi) is 2.71. The second-order valence-electron chi connectivity index (χ2n) is 3.37. The van der Waals surface area contributed by atoms with E-state index < -0.39 is 17.3 Å². The van der Waals surface area contributed by atoms with Crippen molar-refractivity contribution in [2.75, 3.05) is 0 Å². The number of alkyl halides is 3. The van der Waals surface area contributed by atoms with Crippen molar-refractivity contribution >= 4 is 0 Å². The molecule has 2 rings (SSSR count). The summed E-state index contributed by atoms with van der Waals surface area (Å²) in [5, 5.41) is 0. The van der Waals surface area contributed by atoms with E-state index >= 15 is 0 Å². The molecule has 0 bridgehead atoms. The molecule has 0 saturated carbocycles. The van der Waals surface area contributed by atoms with Gasteiger partial charge in [-0.1, -0.05) is 12.1 Å². The van der Waals surface area contributed by atoms with Crippen molar-refractivity contribution in [1.82, 2.24) is 9.97 Å². The molecular weight excluding hydrogens is 233 g/mol. The zero-order valence-corrected chi connectivity index (χ0v) is 8.45. The summed E-state index contributed by atoms with van der Waals surface area (Å²) >= 11 is 0. The van der Waals surface area contributed by atoms with Gasteiger partial charge in [0.15, 0.2) is 0 Å². The van der Waals surface area contributed by atoms with E-state index in [1.54, 1.807) is 0 Å². The highest BCUT2D eigenvalue weighted by molar-refractivity contribution is 5.62. The lowest BCUT2D eigenvalue weighted by Gasteiger charge is -2.07. The van der Waals surface area contributed by atoms with Crippen LogP contribution in [0, 0.1) is 0 Å². The van der Waals surface area contributed by atoms with E-state index in [1.165, 1.54) is 24.7 Å². The highest BCUT2D eigenvalue weighted by Crippen LogP contribution is 2.31. The van der Waals surface area contributed by atoms with Crippen LogP contribution in [0.2, 0.25) is 0 Å². The minimum absolute atomic E-state index is 0.110. The first-order valence-electron chi connectivity index (χ1n) is 4.69. The van der Waals surface area contributed by atoms with Gasteiger partial charge in [-0.05, 0) is 17.7 Å². The smallest absolute Gasteiger partial charge is 0.313 e. The molecule has 1 aromatic heterocycles. The average molecular weight is 240 g/mol. The van der Waals surface area contributed by atoms with Gasteiger partial charge >= 0.3 is 6.18 Å². The lowest BCUT2D eigenvalue weighted by Crippen LogP contribution is -2.10. The number of H-pyrrole nitrogens is 1. The van der Waals surface area contributed by atoms with Crippen LogP contribution in [0.1, 0.15) is 5.56 Å². The number of nitrogens with zero attached hydrogens (tertiary/aromatic N) is 1. The van der Waals surface area contributed by atoms with Gasteiger partial charge < -0.3 is 4.98 Å². The Morgan fingerprint density at radius 3 is 2.65 bits per heavy atom. The third-order valence-electron chi connectivity index (χ3n) is 2.22.